The maximum Gasteiger partial charge on any atom is 0.122 e. The quantitative estimate of drug-likeness (QED) is 0.642. The minimum absolute atomic E-state index is 0.488. The Morgan fingerprint density at radius 2 is 1.57 bits per heavy atom. The molecule has 21 heavy (non-hydrogen) atoms. The molecule has 0 bridgehead atoms. The zero-order valence-corrected chi connectivity index (χ0v) is 14.9. The number of phenolic OH excluding ortho intramolecular Hbond substituents is 1. The first kappa shape index (κ1) is 17.8. The summed E-state index contributed by atoms with van der Waals surface area (Å²) < 4.78 is 0. The molecule has 1 rings (SSSR count). The smallest absolute Gasteiger partial charge is 0.122 e. The van der Waals surface area contributed by atoms with E-state index in [-0.39, 0.29) is 0 Å². The monoisotopic (exact) mass is 288 g/mol. The lowest BCUT2D eigenvalue weighted by Gasteiger charge is -2.16. The van der Waals surface area contributed by atoms with Gasteiger partial charge in [-0.2, -0.15) is 0 Å². The predicted molar refractivity (Wildman–Crippen MR) is 93.2 cm³/mol. The molecule has 1 nitrogen and oxygen atoms in total. The Morgan fingerprint density at radius 1 is 1.00 bits per heavy atom. The SMILES string of the molecule is CC(=CCc1c(C)c(C)c(C)c(C)c1O)CCCC(C)C. The molecule has 1 N–H and O–H groups in total. The van der Waals surface area contributed by atoms with Crippen molar-refractivity contribution in [2.45, 2.75) is 74.1 Å². The third kappa shape index (κ3) is 4.62. The van der Waals surface area contributed by atoms with Crippen molar-refractivity contribution in [1.82, 2.24) is 0 Å². The van der Waals surface area contributed by atoms with Gasteiger partial charge in [-0.15, -0.1) is 0 Å². The van der Waals surface area contributed by atoms with Gasteiger partial charge < -0.3 is 5.11 Å². The van der Waals surface area contributed by atoms with Crippen LogP contribution in [0.3, 0.4) is 0 Å². The van der Waals surface area contributed by atoms with Crippen molar-refractivity contribution in [2.24, 2.45) is 5.92 Å². The van der Waals surface area contributed by atoms with Gasteiger partial charge in [0.2, 0.25) is 0 Å². The van der Waals surface area contributed by atoms with Gasteiger partial charge in [0.05, 0.1) is 0 Å². The molecule has 0 aliphatic rings. The second-order valence-electron chi connectivity index (χ2n) is 6.87. The molecule has 118 valence electrons. The second-order valence-corrected chi connectivity index (χ2v) is 6.87. The van der Waals surface area contributed by atoms with Gasteiger partial charge in [-0.3, -0.25) is 0 Å². The highest BCUT2D eigenvalue weighted by Crippen LogP contribution is 2.32. The Kier molecular flexibility index (Phi) is 6.51. The molecule has 0 fully saturated rings. The molecule has 1 aromatic carbocycles. The maximum atomic E-state index is 10.4. The Hall–Kier alpha value is -1.24. The number of aromatic hydroxyl groups is 1. The van der Waals surface area contributed by atoms with Crippen LogP contribution in [0.25, 0.3) is 0 Å². The number of phenols is 1. The molecule has 0 saturated carbocycles. The van der Waals surface area contributed by atoms with Gasteiger partial charge in [0.15, 0.2) is 0 Å². The Labute approximate surface area is 131 Å². The largest absolute Gasteiger partial charge is 0.507 e. The lowest BCUT2D eigenvalue weighted by molar-refractivity contribution is 0.464. The summed E-state index contributed by atoms with van der Waals surface area (Å²) in [5.74, 6) is 1.27. The van der Waals surface area contributed by atoms with E-state index in [1.165, 1.54) is 41.5 Å². The number of benzene rings is 1. The van der Waals surface area contributed by atoms with Crippen LogP contribution in [0.15, 0.2) is 11.6 Å². The van der Waals surface area contributed by atoms with Crippen molar-refractivity contribution in [2.75, 3.05) is 0 Å². The summed E-state index contributed by atoms with van der Waals surface area (Å²) in [6.45, 7) is 15.1. The zero-order chi connectivity index (χ0) is 16.2. The third-order valence-corrected chi connectivity index (χ3v) is 4.79. The van der Waals surface area contributed by atoms with Gasteiger partial charge >= 0.3 is 0 Å². The van der Waals surface area contributed by atoms with Gasteiger partial charge in [-0.1, -0.05) is 31.9 Å². The number of rotatable bonds is 6. The normalized spacial score (nSPS) is 12.3. The Balaban J connectivity index is 2.84. The molecule has 0 spiro atoms. The van der Waals surface area contributed by atoms with Crippen LogP contribution in [-0.2, 0) is 6.42 Å². The van der Waals surface area contributed by atoms with E-state index < -0.39 is 0 Å². The summed E-state index contributed by atoms with van der Waals surface area (Å²) in [6, 6.07) is 0. The van der Waals surface area contributed by atoms with Gasteiger partial charge in [0.1, 0.15) is 5.75 Å². The number of hydrogen-bond donors (Lipinski definition) is 1. The van der Waals surface area contributed by atoms with Crippen LogP contribution in [0, 0.1) is 33.6 Å². The van der Waals surface area contributed by atoms with Crippen LogP contribution in [0.1, 0.15) is 67.9 Å². The number of allylic oxidation sites excluding steroid dienone is 2. The van der Waals surface area contributed by atoms with Gasteiger partial charge in [0, 0.05) is 5.56 Å². The molecule has 0 atom stereocenters. The fourth-order valence-corrected chi connectivity index (χ4v) is 2.79. The Bertz CT molecular complexity index is 492. The lowest BCUT2D eigenvalue weighted by Crippen LogP contribution is -1.99. The summed E-state index contributed by atoms with van der Waals surface area (Å²) in [7, 11) is 0. The van der Waals surface area contributed by atoms with E-state index in [1.54, 1.807) is 0 Å². The summed E-state index contributed by atoms with van der Waals surface area (Å²) in [6.07, 6.45) is 6.85. The van der Waals surface area contributed by atoms with E-state index in [9.17, 15) is 5.11 Å². The topological polar surface area (TPSA) is 20.2 Å². The van der Waals surface area contributed by atoms with E-state index in [2.05, 4.69) is 47.6 Å². The van der Waals surface area contributed by atoms with Crippen LogP contribution < -0.4 is 0 Å². The second kappa shape index (κ2) is 7.68. The van der Waals surface area contributed by atoms with Crippen LogP contribution in [0.4, 0.5) is 0 Å². The van der Waals surface area contributed by atoms with Crippen molar-refractivity contribution < 1.29 is 5.11 Å². The van der Waals surface area contributed by atoms with Crippen molar-refractivity contribution in [1.29, 1.82) is 0 Å². The highest BCUT2D eigenvalue weighted by atomic mass is 16.3. The highest BCUT2D eigenvalue weighted by molar-refractivity contribution is 5.54. The van der Waals surface area contributed by atoms with Gasteiger partial charge in [-0.05, 0) is 82.1 Å². The third-order valence-electron chi connectivity index (χ3n) is 4.79. The average molecular weight is 288 g/mol. The van der Waals surface area contributed by atoms with Crippen molar-refractivity contribution in [3.8, 4) is 5.75 Å². The van der Waals surface area contributed by atoms with Crippen LogP contribution in [0.2, 0.25) is 0 Å². The molecular formula is C20H32O. The lowest BCUT2D eigenvalue weighted by atomic mass is 9.91. The molecule has 1 heteroatoms. The van der Waals surface area contributed by atoms with E-state index >= 15 is 0 Å². The first-order valence-electron chi connectivity index (χ1n) is 8.19. The summed E-state index contributed by atoms with van der Waals surface area (Å²) in [4.78, 5) is 0. The maximum absolute atomic E-state index is 10.4. The van der Waals surface area contributed by atoms with Crippen LogP contribution in [-0.4, -0.2) is 5.11 Å². The molecule has 0 radical (unpaired) electrons. The summed E-state index contributed by atoms with van der Waals surface area (Å²) >= 11 is 0. The first-order chi connectivity index (χ1) is 9.75. The van der Waals surface area contributed by atoms with Crippen molar-refractivity contribution >= 4 is 0 Å². The molecule has 0 unspecified atom stereocenters. The van der Waals surface area contributed by atoms with E-state index in [4.69, 9.17) is 0 Å². The van der Waals surface area contributed by atoms with Gasteiger partial charge in [0.25, 0.3) is 0 Å². The van der Waals surface area contributed by atoms with Gasteiger partial charge in [-0.25, -0.2) is 0 Å². The molecule has 1 aromatic rings. The molecule has 0 saturated heterocycles. The minimum Gasteiger partial charge on any atom is -0.507 e. The standard InChI is InChI=1S/C20H32O/c1-13(2)9-8-10-14(3)11-12-19-17(6)15(4)16(5)18(7)20(19)21/h11,13,21H,8-10,12H2,1-7H3. The van der Waals surface area contributed by atoms with Crippen molar-refractivity contribution in [3.05, 3.63) is 39.5 Å². The van der Waals surface area contributed by atoms with E-state index in [0.717, 1.165) is 23.5 Å². The molecule has 0 aliphatic heterocycles. The minimum atomic E-state index is 0.488. The van der Waals surface area contributed by atoms with Crippen LogP contribution >= 0.6 is 0 Å². The zero-order valence-electron chi connectivity index (χ0n) is 14.9. The van der Waals surface area contributed by atoms with Crippen molar-refractivity contribution in [3.63, 3.8) is 0 Å². The predicted octanol–water partition coefficient (Wildman–Crippen LogP) is 5.94. The summed E-state index contributed by atoms with van der Waals surface area (Å²) in [5.41, 5.74) is 7.32. The Morgan fingerprint density at radius 3 is 2.14 bits per heavy atom. The highest BCUT2D eigenvalue weighted by Gasteiger charge is 2.13. The molecule has 0 aliphatic carbocycles. The molecular weight excluding hydrogens is 256 g/mol. The molecule has 0 heterocycles. The van der Waals surface area contributed by atoms with E-state index in [1.807, 2.05) is 6.92 Å². The van der Waals surface area contributed by atoms with E-state index in [0.29, 0.717) is 5.75 Å². The summed E-state index contributed by atoms with van der Waals surface area (Å²) in [5, 5.41) is 10.4. The fourth-order valence-electron chi connectivity index (χ4n) is 2.79. The molecule has 0 aromatic heterocycles. The first-order valence-corrected chi connectivity index (χ1v) is 8.19. The van der Waals surface area contributed by atoms with Crippen LogP contribution in [0.5, 0.6) is 5.75 Å². The fraction of sp³-hybridized carbons (Fsp3) is 0.600. The average Bonchev–Trinajstić information content (AvgIpc) is 2.42. The molecule has 0 amide bonds. The number of hydrogen-bond acceptors (Lipinski definition) is 1.